The van der Waals surface area contributed by atoms with Gasteiger partial charge in [-0.1, -0.05) is 12.8 Å². The summed E-state index contributed by atoms with van der Waals surface area (Å²) in [7, 11) is 0. The molecule has 1 fully saturated rings. The van der Waals surface area contributed by atoms with Crippen molar-refractivity contribution >= 4 is 11.8 Å². The number of primary amides is 1. The molecule has 3 N–H and O–H groups in total. The SMILES string of the molecule is N#Cc1ccc(C(=O)N[C@H](CC2CC2)C(N)=O)cc1. The van der Waals surface area contributed by atoms with E-state index in [1.807, 2.05) is 6.07 Å². The first-order valence-electron chi connectivity index (χ1n) is 6.20. The monoisotopic (exact) mass is 257 g/mol. The zero-order chi connectivity index (χ0) is 13.8. The van der Waals surface area contributed by atoms with Gasteiger partial charge in [-0.15, -0.1) is 0 Å². The van der Waals surface area contributed by atoms with Crippen molar-refractivity contribution in [3.8, 4) is 6.07 Å². The second-order valence-corrected chi connectivity index (χ2v) is 4.80. The normalized spacial score (nSPS) is 15.3. The first-order valence-corrected chi connectivity index (χ1v) is 6.20. The molecule has 0 bridgehead atoms. The quantitative estimate of drug-likeness (QED) is 0.821. The molecule has 0 heterocycles. The van der Waals surface area contributed by atoms with Crippen LogP contribution in [0.3, 0.4) is 0 Å². The van der Waals surface area contributed by atoms with Gasteiger partial charge in [0, 0.05) is 5.56 Å². The molecule has 5 heteroatoms. The largest absolute Gasteiger partial charge is 0.368 e. The molecule has 0 saturated heterocycles. The molecule has 0 aliphatic heterocycles. The van der Waals surface area contributed by atoms with E-state index in [0.29, 0.717) is 23.5 Å². The number of nitriles is 1. The molecular formula is C14H15N3O2. The zero-order valence-electron chi connectivity index (χ0n) is 10.4. The molecule has 1 saturated carbocycles. The fraction of sp³-hybridized carbons (Fsp3) is 0.357. The molecule has 2 amide bonds. The third kappa shape index (κ3) is 3.55. The number of nitrogens with zero attached hydrogens (tertiary/aromatic N) is 1. The van der Waals surface area contributed by atoms with Crippen molar-refractivity contribution in [2.45, 2.75) is 25.3 Å². The highest BCUT2D eigenvalue weighted by molar-refractivity contribution is 5.97. The molecule has 0 aromatic heterocycles. The van der Waals surface area contributed by atoms with Gasteiger partial charge in [0.05, 0.1) is 11.6 Å². The lowest BCUT2D eigenvalue weighted by molar-refractivity contribution is -0.120. The Bertz CT molecular complexity index is 527. The number of hydrogen-bond donors (Lipinski definition) is 2. The molecular weight excluding hydrogens is 242 g/mol. The maximum absolute atomic E-state index is 12.0. The maximum Gasteiger partial charge on any atom is 0.251 e. The summed E-state index contributed by atoms with van der Waals surface area (Å²) >= 11 is 0. The van der Waals surface area contributed by atoms with Gasteiger partial charge in [-0.2, -0.15) is 5.26 Å². The first kappa shape index (κ1) is 13.1. The molecule has 1 atom stereocenters. The van der Waals surface area contributed by atoms with Crippen LogP contribution in [0, 0.1) is 17.2 Å². The number of hydrogen-bond acceptors (Lipinski definition) is 3. The van der Waals surface area contributed by atoms with E-state index in [1.165, 1.54) is 0 Å². The van der Waals surface area contributed by atoms with Gasteiger partial charge in [-0.25, -0.2) is 0 Å². The summed E-state index contributed by atoms with van der Waals surface area (Å²) in [5.41, 5.74) is 6.19. The van der Waals surface area contributed by atoms with E-state index in [2.05, 4.69) is 5.32 Å². The number of carbonyl (C=O) groups is 2. The lowest BCUT2D eigenvalue weighted by Crippen LogP contribution is -2.44. The average Bonchev–Trinajstić information content (AvgIpc) is 3.22. The molecule has 1 aromatic rings. The van der Waals surface area contributed by atoms with E-state index in [-0.39, 0.29) is 5.91 Å². The number of rotatable bonds is 5. The predicted molar refractivity (Wildman–Crippen MR) is 68.9 cm³/mol. The van der Waals surface area contributed by atoms with Gasteiger partial charge in [0.1, 0.15) is 6.04 Å². The molecule has 2 rings (SSSR count). The van der Waals surface area contributed by atoms with Gasteiger partial charge < -0.3 is 11.1 Å². The molecule has 19 heavy (non-hydrogen) atoms. The molecule has 98 valence electrons. The van der Waals surface area contributed by atoms with Crippen LogP contribution in [0.25, 0.3) is 0 Å². The maximum atomic E-state index is 12.0. The lowest BCUT2D eigenvalue weighted by atomic mass is 10.1. The molecule has 0 spiro atoms. The summed E-state index contributed by atoms with van der Waals surface area (Å²) in [6.07, 6.45) is 2.80. The van der Waals surface area contributed by atoms with E-state index >= 15 is 0 Å². The van der Waals surface area contributed by atoms with Gasteiger partial charge in [0.25, 0.3) is 5.91 Å². The number of carbonyl (C=O) groups excluding carboxylic acids is 2. The Kier molecular flexibility index (Phi) is 3.81. The van der Waals surface area contributed by atoms with Gasteiger partial charge in [0.2, 0.25) is 5.91 Å². The Balaban J connectivity index is 2.01. The summed E-state index contributed by atoms with van der Waals surface area (Å²) in [6, 6.07) is 7.61. The second kappa shape index (κ2) is 5.53. The van der Waals surface area contributed by atoms with Gasteiger partial charge >= 0.3 is 0 Å². The Labute approximate surface area is 111 Å². The smallest absolute Gasteiger partial charge is 0.251 e. The fourth-order valence-corrected chi connectivity index (χ4v) is 1.87. The molecule has 0 unspecified atom stereocenters. The molecule has 1 aliphatic carbocycles. The number of amides is 2. The highest BCUT2D eigenvalue weighted by atomic mass is 16.2. The van der Waals surface area contributed by atoms with Crippen LogP contribution in [-0.2, 0) is 4.79 Å². The highest BCUT2D eigenvalue weighted by Crippen LogP contribution is 2.33. The fourth-order valence-electron chi connectivity index (χ4n) is 1.87. The number of nitrogens with one attached hydrogen (secondary N) is 1. The van der Waals surface area contributed by atoms with Crippen molar-refractivity contribution in [3.63, 3.8) is 0 Å². The van der Waals surface area contributed by atoms with Gasteiger partial charge in [0.15, 0.2) is 0 Å². The Hall–Kier alpha value is -2.35. The van der Waals surface area contributed by atoms with E-state index in [1.54, 1.807) is 24.3 Å². The van der Waals surface area contributed by atoms with Crippen LogP contribution < -0.4 is 11.1 Å². The zero-order valence-corrected chi connectivity index (χ0v) is 10.4. The summed E-state index contributed by atoms with van der Waals surface area (Å²) < 4.78 is 0. The van der Waals surface area contributed by atoms with Crippen molar-refractivity contribution in [2.75, 3.05) is 0 Å². The molecule has 1 aromatic carbocycles. The Morgan fingerprint density at radius 2 is 2.00 bits per heavy atom. The Morgan fingerprint density at radius 3 is 2.47 bits per heavy atom. The number of nitrogens with two attached hydrogens (primary N) is 1. The number of benzene rings is 1. The van der Waals surface area contributed by atoms with Crippen molar-refractivity contribution < 1.29 is 9.59 Å². The summed E-state index contributed by atoms with van der Waals surface area (Å²) in [5, 5.41) is 11.3. The molecule has 5 nitrogen and oxygen atoms in total. The first-order chi connectivity index (χ1) is 9.10. The van der Waals surface area contributed by atoms with Gasteiger partial charge in [-0.3, -0.25) is 9.59 Å². The highest BCUT2D eigenvalue weighted by Gasteiger charge is 2.29. The van der Waals surface area contributed by atoms with Gasteiger partial charge in [-0.05, 0) is 36.6 Å². The van der Waals surface area contributed by atoms with Crippen LogP contribution in [-0.4, -0.2) is 17.9 Å². The van der Waals surface area contributed by atoms with Crippen LogP contribution in [0.15, 0.2) is 24.3 Å². The Morgan fingerprint density at radius 1 is 1.37 bits per heavy atom. The minimum atomic E-state index is -0.615. The summed E-state index contributed by atoms with van der Waals surface area (Å²) in [6.45, 7) is 0. The minimum Gasteiger partial charge on any atom is -0.368 e. The third-order valence-corrected chi connectivity index (χ3v) is 3.19. The van der Waals surface area contributed by atoms with Crippen molar-refractivity contribution in [1.82, 2.24) is 5.32 Å². The molecule has 1 aliphatic rings. The topological polar surface area (TPSA) is 96.0 Å². The van der Waals surface area contributed by atoms with Crippen molar-refractivity contribution in [1.29, 1.82) is 5.26 Å². The van der Waals surface area contributed by atoms with Crippen LogP contribution in [0.2, 0.25) is 0 Å². The van der Waals surface area contributed by atoms with E-state index in [4.69, 9.17) is 11.0 Å². The van der Waals surface area contributed by atoms with Crippen molar-refractivity contribution in [2.24, 2.45) is 11.7 Å². The van der Waals surface area contributed by atoms with Crippen LogP contribution in [0.1, 0.15) is 35.2 Å². The summed E-state index contributed by atoms with van der Waals surface area (Å²) in [5.74, 6) is -0.346. The minimum absolute atomic E-state index is 0.339. The van der Waals surface area contributed by atoms with Crippen molar-refractivity contribution in [3.05, 3.63) is 35.4 Å². The lowest BCUT2D eigenvalue weighted by Gasteiger charge is -2.15. The standard InChI is InChI=1S/C14H15N3O2/c15-8-10-3-5-11(6-4-10)14(19)17-12(13(16)18)7-9-1-2-9/h3-6,9,12H,1-2,7H2,(H2,16,18)(H,17,19)/t12-/m1/s1. The third-order valence-electron chi connectivity index (χ3n) is 3.19. The van der Waals surface area contributed by atoms with E-state index in [9.17, 15) is 9.59 Å². The van der Waals surface area contributed by atoms with Crippen LogP contribution >= 0.6 is 0 Å². The molecule has 0 radical (unpaired) electrons. The second-order valence-electron chi connectivity index (χ2n) is 4.80. The predicted octanol–water partition coefficient (Wildman–Crippen LogP) is 0.942. The average molecular weight is 257 g/mol. The van der Waals surface area contributed by atoms with Crippen LogP contribution in [0.4, 0.5) is 0 Å². The van der Waals surface area contributed by atoms with E-state index in [0.717, 1.165) is 12.8 Å². The van der Waals surface area contributed by atoms with E-state index < -0.39 is 11.9 Å². The van der Waals surface area contributed by atoms with Crippen LogP contribution in [0.5, 0.6) is 0 Å². The summed E-state index contributed by atoms with van der Waals surface area (Å²) in [4.78, 5) is 23.3.